The Hall–Kier alpha value is -0.0800. The van der Waals surface area contributed by atoms with E-state index in [1.807, 2.05) is 0 Å². The van der Waals surface area contributed by atoms with Crippen molar-refractivity contribution in [1.29, 1.82) is 0 Å². The Morgan fingerprint density at radius 1 is 1.20 bits per heavy atom. The Morgan fingerprint density at radius 2 is 1.87 bits per heavy atom. The van der Waals surface area contributed by atoms with Crippen LogP contribution in [0.2, 0.25) is 0 Å². The van der Waals surface area contributed by atoms with E-state index in [2.05, 4.69) is 39.6 Å². The summed E-state index contributed by atoms with van der Waals surface area (Å²) in [5.41, 5.74) is 0. The van der Waals surface area contributed by atoms with Crippen molar-refractivity contribution in [1.82, 2.24) is 4.90 Å². The highest BCUT2D eigenvalue weighted by Crippen LogP contribution is 2.22. The molecular formula is C13H27NO. The van der Waals surface area contributed by atoms with Crippen LogP contribution in [0.25, 0.3) is 0 Å². The lowest BCUT2D eigenvalue weighted by atomic mass is 9.96. The van der Waals surface area contributed by atoms with Crippen molar-refractivity contribution in [3.63, 3.8) is 0 Å². The van der Waals surface area contributed by atoms with Crippen LogP contribution in [0.3, 0.4) is 0 Å². The molecule has 2 heteroatoms. The van der Waals surface area contributed by atoms with Crippen LogP contribution in [0.5, 0.6) is 0 Å². The summed E-state index contributed by atoms with van der Waals surface area (Å²) in [6.07, 6.45) is 3.02. The van der Waals surface area contributed by atoms with Crippen LogP contribution in [-0.4, -0.2) is 37.2 Å². The molecule has 0 aromatic heterocycles. The highest BCUT2D eigenvalue weighted by Gasteiger charge is 2.26. The van der Waals surface area contributed by atoms with Crippen molar-refractivity contribution in [3.8, 4) is 0 Å². The van der Waals surface area contributed by atoms with Gasteiger partial charge in [-0.1, -0.05) is 27.7 Å². The molecule has 1 heterocycles. The molecular weight excluding hydrogens is 186 g/mol. The van der Waals surface area contributed by atoms with Gasteiger partial charge in [0.15, 0.2) is 0 Å². The van der Waals surface area contributed by atoms with Crippen LogP contribution in [0, 0.1) is 11.8 Å². The average Bonchev–Trinajstić information content (AvgIpc) is 2.17. The molecule has 1 aliphatic rings. The summed E-state index contributed by atoms with van der Waals surface area (Å²) in [6, 6.07) is 0.641. The molecule has 0 amide bonds. The van der Waals surface area contributed by atoms with Crippen molar-refractivity contribution >= 4 is 0 Å². The molecule has 1 rings (SSSR count). The summed E-state index contributed by atoms with van der Waals surface area (Å²) in [5, 5.41) is 0. The highest BCUT2D eigenvalue weighted by molar-refractivity contribution is 4.78. The maximum atomic E-state index is 5.91. The van der Waals surface area contributed by atoms with Crippen LogP contribution >= 0.6 is 0 Å². The van der Waals surface area contributed by atoms with Gasteiger partial charge < -0.3 is 9.64 Å². The van der Waals surface area contributed by atoms with Crippen LogP contribution in [0.4, 0.5) is 0 Å². The predicted molar refractivity (Wildman–Crippen MR) is 65.1 cm³/mol. The molecule has 0 bridgehead atoms. The first-order valence-electron chi connectivity index (χ1n) is 6.32. The maximum absolute atomic E-state index is 5.91. The standard InChI is InChI=1S/C13H27NO/c1-10(2)8-14(5)12-6-7-13(11(3)4)15-9-12/h10-13H,6-9H2,1-5H3/t12-,13-/m1/s1. The number of hydrogen-bond donors (Lipinski definition) is 0. The molecule has 90 valence electrons. The monoisotopic (exact) mass is 213 g/mol. The van der Waals surface area contributed by atoms with Crippen molar-refractivity contribution in [2.75, 3.05) is 20.2 Å². The second-order valence-corrected chi connectivity index (χ2v) is 5.68. The van der Waals surface area contributed by atoms with Crippen LogP contribution in [-0.2, 0) is 4.74 Å². The molecule has 0 radical (unpaired) electrons. The largest absolute Gasteiger partial charge is 0.376 e. The maximum Gasteiger partial charge on any atom is 0.0625 e. The Balaban J connectivity index is 2.30. The van der Waals surface area contributed by atoms with E-state index < -0.39 is 0 Å². The van der Waals surface area contributed by atoms with E-state index >= 15 is 0 Å². The molecule has 1 fully saturated rings. The van der Waals surface area contributed by atoms with E-state index in [1.54, 1.807) is 0 Å². The fraction of sp³-hybridized carbons (Fsp3) is 1.00. The third-order valence-corrected chi connectivity index (χ3v) is 3.31. The zero-order chi connectivity index (χ0) is 11.4. The van der Waals surface area contributed by atoms with Crippen molar-refractivity contribution in [2.24, 2.45) is 11.8 Å². The molecule has 0 spiro atoms. The predicted octanol–water partition coefficient (Wildman–Crippen LogP) is 2.78. The Morgan fingerprint density at radius 3 is 2.27 bits per heavy atom. The van der Waals surface area contributed by atoms with Gasteiger partial charge in [-0.25, -0.2) is 0 Å². The van der Waals surface area contributed by atoms with E-state index in [0.29, 0.717) is 18.1 Å². The third-order valence-electron chi connectivity index (χ3n) is 3.31. The number of nitrogens with zero attached hydrogens (tertiary/aromatic N) is 1. The zero-order valence-electron chi connectivity index (χ0n) is 11.0. The summed E-state index contributed by atoms with van der Waals surface area (Å²) in [6.45, 7) is 11.2. The third kappa shape index (κ3) is 4.12. The van der Waals surface area contributed by atoms with E-state index in [9.17, 15) is 0 Å². The molecule has 0 aromatic carbocycles. The fourth-order valence-electron chi connectivity index (χ4n) is 2.36. The Bertz CT molecular complexity index is 171. The van der Waals surface area contributed by atoms with Gasteiger partial charge in [-0.3, -0.25) is 0 Å². The molecule has 2 nitrogen and oxygen atoms in total. The minimum Gasteiger partial charge on any atom is -0.376 e. The number of ether oxygens (including phenoxy) is 1. The number of likely N-dealkylation sites (N-methyl/N-ethyl adjacent to an activating group) is 1. The van der Waals surface area contributed by atoms with E-state index in [0.717, 1.165) is 12.5 Å². The molecule has 0 N–H and O–H groups in total. The van der Waals surface area contributed by atoms with Crippen LogP contribution in [0.15, 0.2) is 0 Å². The second kappa shape index (κ2) is 5.86. The SMILES string of the molecule is CC(C)CN(C)[C@@H]1CC[C@H](C(C)C)OC1. The first-order chi connectivity index (χ1) is 7.00. The molecule has 0 aliphatic carbocycles. The lowest BCUT2D eigenvalue weighted by Crippen LogP contribution is -2.43. The molecule has 1 aliphatic heterocycles. The zero-order valence-corrected chi connectivity index (χ0v) is 11.0. The van der Waals surface area contributed by atoms with Gasteiger partial charge in [-0.05, 0) is 31.7 Å². The van der Waals surface area contributed by atoms with Gasteiger partial charge in [0.25, 0.3) is 0 Å². The summed E-state index contributed by atoms with van der Waals surface area (Å²) >= 11 is 0. The Kier molecular flexibility index (Phi) is 5.07. The lowest BCUT2D eigenvalue weighted by molar-refractivity contribution is -0.0526. The van der Waals surface area contributed by atoms with Gasteiger partial charge in [-0.2, -0.15) is 0 Å². The van der Waals surface area contributed by atoms with E-state index in [-0.39, 0.29) is 0 Å². The average molecular weight is 213 g/mol. The summed E-state index contributed by atoms with van der Waals surface area (Å²) < 4.78 is 5.91. The number of hydrogen-bond acceptors (Lipinski definition) is 2. The topological polar surface area (TPSA) is 12.5 Å². The van der Waals surface area contributed by atoms with E-state index in [1.165, 1.54) is 19.4 Å². The first kappa shape index (κ1) is 13.0. The quantitative estimate of drug-likeness (QED) is 0.712. The van der Waals surface area contributed by atoms with Gasteiger partial charge in [0, 0.05) is 12.6 Å². The normalized spacial score (nSPS) is 28.0. The lowest BCUT2D eigenvalue weighted by Gasteiger charge is -2.36. The number of rotatable bonds is 4. The first-order valence-corrected chi connectivity index (χ1v) is 6.32. The second-order valence-electron chi connectivity index (χ2n) is 5.68. The van der Waals surface area contributed by atoms with E-state index in [4.69, 9.17) is 4.74 Å². The molecule has 1 saturated heterocycles. The van der Waals surface area contributed by atoms with Gasteiger partial charge in [0.05, 0.1) is 12.7 Å². The molecule has 0 aromatic rings. The summed E-state index contributed by atoms with van der Waals surface area (Å²) in [5.74, 6) is 1.42. The van der Waals surface area contributed by atoms with Crippen molar-refractivity contribution < 1.29 is 4.74 Å². The van der Waals surface area contributed by atoms with Crippen molar-refractivity contribution in [3.05, 3.63) is 0 Å². The van der Waals surface area contributed by atoms with Gasteiger partial charge >= 0.3 is 0 Å². The summed E-state index contributed by atoms with van der Waals surface area (Å²) in [4.78, 5) is 2.46. The van der Waals surface area contributed by atoms with Crippen molar-refractivity contribution in [2.45, 2.75) is 52.7 Å². The van der Waals surface area contributed by atoms with Gasteiger partial charge in [-0.15, -0.1) is 0 Å². The fourth-order valence-corrected chi connectivity index (χ4v) is 2.36. The molecule has 15 heavy (non-hydrogen) atoms. The smallest absolute Gasteiger partial charge is 0.0625 e. The molecule has 2 atom stereocenters. The minimum atomic E-state index is 0.494. The molecule has 0 saturated carbocycles. The summed E-state index contributed by atoms with van der Waals surface area (Å²) in [7, 11) is 2.23. The Labute approximate surface area is 95.0 Å². The molecule has 0 unspecified atom stereocenters. The van der Waals surface area contributed by atoms with Crippen LogP contribution < -0.4 is 0 Å². The van der Waals surface area contributed by atoms with Crippen LogP contribution in [0.1, 0.15) is 40.5 Å². The minimum absolute atomic E-state index is 0.494. The highest BCUT2D eigenvalue weighted by atomic mass is 16.5. The van der Waals surface area contributed by atoms with Gasteiger partial charge in [0.1, 0.15) is 0 Å². The van der Waals surface area contributed by atoms with Gasteiger partial charge in [0.2, 0.25) is 0 Å².